The molecule has 3 rings (SSSR count). The highest BCUT2D eigenvalue weighted by molar-refractivity contribution is 7.90. The van der Waals surface area contributed by atoms with Gasteiger partial charge in [0, 0.05) is 23.4 Å². The van der Waals surface area contributed by atoms with Crippen LogP contribution in [0.15, 0.2) is 47.4 Å². The second kappa shape index (κ2) is 7.25. The Balaban J connectivity index is 1.72. The van der Waals surface area contributed by atoms with E-state index < -0.39 is 9.84 Å². The summed E-state index contributed by atoms with van der Waals surface area (Å²) >= 11 is 0. The average Bonchev–Trinajstić information content (AvgIpc) is 3.03. The van der Waals surface area contributed by atoms with Crippen molar-refractivity contribution >= 4 is 21.6 Å². The van der Waals surface area contributed by atoms with Crippen LogP contribution in [-0.4, -0.2) is 21.0 Å². The second-order valence-corrected chi connectivity index (χ2v) is 8.06. The van der Waals surface area contributed by atoms with E-state index >= 15 is 0 Å². The fourth-order valence-corrected chi connectivity index (χ4v) is 4.26. The number of benzene rings is 2. The van der Waals surface area contributed by atoms with Crippen molar-refractivity contribution in [1.29, 1.82) is 0 Å². The molecule has 0 radical (unpaired) electrons. The summed E-state index contributed by atoms with van der Waals surface area (Å²) in [6.45, 7) is 4.22. The summed E-state index contributed by atoms with van der Waals surface area (Å²) in [5.74, 6) is -0.0244. The van der Waals surface area contributed by atoms with Crippen LogP contribution in [0.1, 0.15) is 23.6 Å². The lowest BCUT2D eigenvalue weighted by Gasteiger charge is -2.08. The molecule has 2 amide bonds. The lowest BCUT2D eigenvalue weighted by Crippen LogP contribution is -2.77. The number of quaternary nitrogens is 1. The Hall–Kier alpha value is -2.38. The molecule has 0 aromatic heterocycles. The fourth-order valence-electron chi connectivity index (χ4n) is 2.93. The highest BCUT2D eigenvalue weighted by Gasteiger charge is 2.19. The molecule has 0 spiro atoms. The predicted octanol–water partition coefficient (Wildman–Crippen LogP) is 1.38. The number of carbonyl (C=O) groups is 1. The zero-order chi connectivity index (χ0) is 17.9. The Bertz CT molecular complexity index is 877. The number of rotatable bonds is 5. The fraction of sp³-hybridized carbons (Fsp3) is 0.278. The molecule has 1 aliphatic heterocycles. The summed E-state index contributed by atoms with van der Waals surface area (Å²) in [5, 5.41) is 7.47. The van der Waals surface area contributed by atoms with Gasteiger partial charge in [-0.3, -0.25) is 0 Å². The molecule has 7 heteroatoms. The normalized spacial score (nSPS) is 13.3. The molecule has 0 aliphatic carbocycles. The van der Waals surface area contributed by atoms with Gasteiger partial charge in [-0.2, -0.15) is 0 Å². The van der Waals surface area contributed by atoms with Crippen molar-refractivity contribution in [2.45, 2.75) is 30.7 Å². The van der Waals surface area contributed by atoms with E-state index in [0.717, 1.165) is 18.7 Å². The van der Waals surface area contributed by atoms with E-state index in [1.165, 1.54) is 23.3 Å². The van der Waals surface area contributed by atoms with Gasteiger partial charge in [0.25, 0.3) is 0 Å². The van der Waals surface area contributed by atoms with Crippen LogP contribution in [-0.2, 0) is 28.7 Å². The molecule has 1 heterocycles. The molecular weight excluding hydrogens is 338 g/mol. The Morgan fingerprint density at radius 3 is 2.52 bits per heavy atom. The average molecular weight is 360 g/mol. The summed E-state index contributed by atoms with van der Waals surface area (Å²) < 4.78 is 25.3. The molecule has 0 fully saturated rings. The first-order valence-corrected chi connectivity index (χ1v) is 9.93. The van der Waals surface area contributed by atoms with E-state index in [1.807, 2.05) is 25.1 Å². The van der Waals surface area contributed by atoms with E-state index in [9.17, 15) is 13.2 Å². The number of anilines is 1. The highest BCUT2D eigenvalue weighted by atomic mass is 32.2. The van der Waals surface area contributed by atoms with E-state index in [2.05, 4.69) is 16.0 Å². The predicted molar refractivity (Wildman–Crippen MR) is 95.8 cm³/mol. The van der Waals surface area contributed by atoms with Crippen LogP contribution < -0.4 is 16.0 Å². The van der Waals surface area contributed by atoms with Crippen LogP contribution in [0.25, 0.3) is 0 Å². The van der Waals surface area contributed by atoms with Crippen LogP contribution >= 0.6 is 0 Å². The number of nitrogens with two attached hydrogens (primary N) is 1. The second-order valence-electron chi connectivity index (χ2n) is 6.07. The van der Waals surface area contributed by atoms with Crippen molar-refractivity contribution in [3.05, 3.63) is 59.2 Å². The minimum atomic E-state index is -3.42. The smallest absolute Gasteiger partial charge is 0.319 e. The standard InChI is InChI=1S/C18H21N3O3S/c1-2-20-18(22)21-16-5-7-17(8-6-16)25(23,24)12-13-3-4-14-10-19-11-15(14)9-13/h3-9,19H,2,10-12H2,1H3,(H2,20,21,22)/p+1. The van der Waals surface area contributed by atoms with E-state index in [1.54, 1.807) is 12.1 Å². The van der Waals surface area contributed by atoms with Gasteiger partial charge in [-0.25, -0.2) is 13.2 Å². The number of hydrogen-bond donors (Lipinski definition) is 3. The van der Waals surface area contributed by atoms with Crippen LogP contribution in [0.3, 0.4) is 0 Å². The van der Waals surface area contributed by atoms with Gasteiger partial charge in [0.1, 0.15) is 13.1 Å². The zero-order valence-corrected chi connectivity index (χ0v) is 14.9. The summed E-state index contributed by atoms with van der Waals surface area (Å²) in [4.78, 5) is 11.7. The first-order valence-electron chi connectivity index (χ1n) is 8.28. The van der Waals surface area contributed by atoms with Crippen molar-refractivity contribution < 1.29 is 18.5 Å². The zero-order valence-electron chi connectivity index (χ0n) is 14.1. The van der Waals surface area contributed by atoms with E-state index in [0.29, 0.717) is 12.2 Å². The topological polar surface area (TPSA) is 91.9 Å². The monoisotopic (exact) mass is 360 g/mol. The summed E-state index contributed by atoms with van der Waals surface area (Å²) in [7, 11) is -3.42. The molecule has 4 N–H and O–H groups in total. The van der Waals surface area contributed by atoms with Gasteiger partial charge >= 0.3 is 6.03 Å². The minimum absolute atomic E-state index is 0.0244. The van der Waals surface area contributed by atoms with Crippen molar-refractivity contribution in [3.63, 3.8) is 0 Å². The SMILES string of the molecule is CCNC(=O)Nc1ccc(S(=O)(=O)Cc2ccc3c(c2)C[NH2+]C3)cc1. The summed E-state index contributed by atoms with van der Waals surface area (Å²) in [6, 6.07) is 11.8. The molecule has 0 atom stereocenters. The van der Waals surface area contributed by atoms with Gasteiger partial charge in [0.2, 0.25) is 0 Å². The van der Waals surface area contributed by atoms with Gasteiger partial charge in [-0.15, -0.1) is 0 Å². The number of urea groups is 1. The number of hydrogen-bond acceptors (Lipinski definition) is 3. The number of carbonyl (C=O) groups excluding carboxylic acids is 1. The largest absolute Gasteiger partial charge is 0.339 e. The Morgan fingerprint density at radius 2 is 1.80 bits per heavy atom. The molecule has 2 aromatic carbocycles. The quantitative estimate of drug-likeness (QED) is 0.752. The van der Waals surface area contributed by atoms with Gasteiger partial charge < -0.3 is 16.0 Å². The van der Waals surface area contributed by atoms with Crippen LogP contribution in [0.5, 0.6) is 0 Å². The molecule has 0 bridgehead atoms. The molecule has 0 saturated carbocycles. The minimum Gasteiger partial charge on any atom is -0.339 e. The third-order valence-electron chi connectivity index (χ3n) is 4.16. The van der Waals surface area contributed by atoms with Crippen LogP contribution in [0, 0.1) is 0 Å². The molecule has 132 valence electrons. The van der Waals surface area contributed by atoms with Crippen LogP contribution in [0.4, 0.5) is 10.5 Å². The maximum Gasteiger partial charge on any atom is 0.319 e. The molecule has 2 aromatic rings. The maximum atomic E-state index is 12.6. The lowest BCUT2D eigenvalue weighted by molar-refractivity contribution is -0.676. The third kappa shape index (κ3) is 4.18. The molecule has 6 nitrogen and oxygen atoms in total. The molecule has 0 saturated heterocycles. The Morgan fingerprint density at radius 1 is 1.08 bits per heavy atom. The molecular formula is C18H22N3O3S+. The van der Waals surface area contributed by atoms with Gasteiger partial charge in [0.15, 0.2) is 9.84 Å². The number of sulfone groups is 1. The van der Waals surface area contributed by atoms with Crippen molar-refractivity contribution in [3.8, 4) is 0 Å². The van der Waals surface area contributed by atoms with Gasteiger partial charge in [-0.05, 0) is 42.8 Å². The third-order valence-corrected chi connectivity index (χ3v) is 5.87. The van der Waals surface area contributed by atoms with Crippen molar-refractivity contribution in [2.75, 3.05) is 11.9 Å². The molecule has 25 heavy (non-hydrogen) atoms. The molecule has 1 aliphatic rings. The van der Waals surface area contributed by atoms with Gasteiger partial charge in [-0.1, -0.05) is 12.1 Å². The van der Waals surface area contributed by atoms with Crippen LogP contribution in [0.2, 0.25) is 0 Å². The van der Waals surface area contributed by atoms with Gasteiger partial charge in [0.05, 0.1) is 10.6 Å². The first-order chi connectivity index (χ1) is 12.0. The first kappa shape index (κ1) is 17.4. The maximum absolute atomic E-state index is 12.6. The van der Waals surface area contributed by atoms with Crippen molar-refractivity contribution in [2.24, 2.45) is 0 Å². The highest BCUT2D eigenvalue weighted by Crippen LogP contribution is 2.21. The number of amides is 2. The van der Waals surface area contributed by atoms with E-state index in [-0.39, 0.29) is 16.7 Å². The number of nitrogens with one attached hydrogen (secondary N) is 2. The van der Waals surface area contributed by atoms with E-state index in [4.69, 9.17) is 0 Å². The molecule has 0 unspecified atom stereocenters. The Labute approximate surface area is 147 Å². The Kier molecular flexibility index (Phi) is 5.06. The van der Waals surface area contributed by atoms with Crippen molar-refractivity contribution in [1.82, 2.24) is 5.32 Å². The lowest BCUT2D eigenvalue weighted by atomic mass is 10.1. The summed E-state index contributed by atoms with van der Waals surface area (Å²) in [6.07, 6.45) is 0. The summed E-state index contributed by atoms with van der Waals surface area (Å²) in [5.41, 5.74) is 3.85. The number of fused-ring (bicyclic) bond motifs is 1.